The van der Waals surface area contributed by atoms with E-state index >= 15 is 0 Å². The van der Waals surface area contributed by atoms with E-state index < -0.39 is 11.6 Å². The Morgan fingerprint density at radius 2 is 2.00 bits per heavy atom. The number of hydrogen-bond acceptors (Lipinski definition) is 1. The van der Waals surface area contributed by atoms with Gasteiger partial charge in [-0.3, -0.25) is 0 Å². The van der Waals surface area contributed by atoms with Crippen LogP contribution in [0.4, 0.5) is 8.78 Å². The van der Waals surface area contributed by atoms with E-state index in [0.717, 1.165) is 30.3 Å². The van der Waals surface area contributed by atoms with Crippen LogP contribution in [0.5, 0.6) is 5.75 Å². The minimum atomic E-state index is -0.869. The normalized spacial score (nSPS) is 12.5. The molecule has 1 nitrogen and oxygen atoms in total. The minimum absolute atomic E-state index is 0.380. The third-order valence-electron chi connectivity index (χ3n) is 2.37. The van der Waals surface area contributed by atoms with Gasteiger partial charge in [0.2, 0.25) is 0 Å². The summed E-state index contributed by atoms with van der Waals surface area (Å²) in [5.41, 5.74) is 0. The molecule has 0 bridgehead atoms. The molecule has 0 N–H and O–H groups in total. The Balaban J connectivity index is 2.34. The number of benzene rings is 1. The van der Waals surface area contributed by atoms with Gasteiger partial charge in [0, 0.05) is 11.4 Å². The maximum Gasteiger partial charge on any atom is 0.162 e. The zero-order chi connectivity index (χ0) is 12.0. The third-order valence-corrected chi connectivity index (χ3v) is 2.83. The Morgan fingerprint density at radius 3 is 2.62 bits per heavy atom. The van der Waals surface area contributed by atoms with Crippen molar-refractivity contribution in [1.82, 2.24) is 0 Å². The summed E-state index contributed by atoms with van der Waals surface area (Å²) in [7, 11) is 0. The van der Waals surface area contributed by atoms with Gasteiger partial charge in [0.1, 0.15) is 5.75 Å². The smallest absolute Gasteiger partial charge is 0.162 e. The van der Waals surface area contributed by atoms with Gasteiger partial charge in [0.15, 0.2) is 11.6 Å². The zero-order valence-electron chi connectivity index (χ0n) is 9.18. The van der Waals surface area contributed by atoms with Gasteiger partial charge >= 0.3 is 0 Å². The lowest BCUT2D eigenvalue weighted by molar-refractivity contribution is 0.280. The fourth-order valence-corrected chi connectivity index (χ4v) is 2.06. The Kier molecular flexibility index (Phi) is 5.74. The van der Waals surface area contributed by atoms with Gasteiger partial charge in [-0.1, -0.05) is 22.9 Å². The third kappa shape index (κ3) is 4.47. The van der Waals surface area contributed by atoms with Gasteiger partial charge in [-0.05, 0) is 30.9 Å². The first-order valence-corrected chi connectivity index (χ1v) is 6.39. The van der Waals surface area contributed by atoms with E-state index in [4.69, 9.17) is 4.74 Å². The number of alkyl halides is 1. The molecule has 0 aliphatic carbocycles. The molecule has 1 atom stereocenters. The highest BCUT2D eigenvalue weighted by molar-refractivity contribution is 9.09. The molecule has 0 heterocycles. The molecule has 0 saturated carbocycles. The van der Waals surface area contributed by atoms with Gasteiger partial charge in [-0.15, -0.1) is 0 Å². The van der Waals surface area contributed by atoms with Crippen molar-refractivity contribution in [2.45, 2.75) is 19.8 Å². The highest BCUT2D eigenvalue weighted by Gasteiger charge is 2.04. The van der Waals surface area contributed by atoms with Crippen LogP contribution in [0.1, 0.15) is 19.8 Å². The molecule has 1 rings (SSSR count). The van der Waals surface area contributed by atoms with Crippen LogP contribution < -0.4 is 4.74 Å². The number of halogens is 3. The number of rotatable bonds is 6. The van der Waals surface area contributed by atoms with Crippen molar-refractivity contribution < 1.29 is 13.5 Å². The molecule has 1 unspecified atom stereocenters. The maximum absolute atomic E-state index is 12.8. The zero-order valence-corrected chi connectivity index (χ0v) is 10.8. The minimum Gasteiger partial charge on any atom is -0.493 e. The fourth-order valence-electron chi connectivity index (χ4n) is 1.28. The lowest BCUT2D eigenvalue weighted by Gasteiger charge is -2.10. The van der Waals surface area contributed by atoms with Crippen LogP contribution in [0.3, 0.4) is 0 Å². The average molecular weight is 293 g/mol. The van der Waals surface area contributed by atoms with Crippen molar-refractivity contribution in [1.29, 1.82) is 0 Å². The molecule has 0 fully saturated rings. The number of ether oxygens (including phenoxy) is 1. The van der Waals surface area contributed by atoms with Crippen LogP contribution >= 0.6 is 15.9 Å². The molecule has 1 aromatic rings. The Labute approximate surface area is 103 Å². The van der Waals surface area contributed by atoms with Crippen LogP contribution in [0.15, 0.2) is 18.2 Å². The van der Waals surface area contributed by atoms with Crippen molar-refractivity contribution >= 4 is 15.9 Å². The summed E-state index contributed by atoms with van der Waals surface area (Å²) in [5, 5.41) is 0.972. The van der Waals surface area contributed by atoms with E-state index in [0.29, 0.717) is 18.3 Å². The summed E-state index contributed by atoms with van der Waals surface area (Å²) in [6.07, 6.45) is 1.99. The van der Waals surface area contributed by atoms with Crippen LogP contribution in [-0.2, 0) is 0 Å². The Bertz CT molecular complexity index is 331. The van der Waals surface area contributed by atoms with Crippen molar-refractivity contribution in [3.05, 3.63) is 29.8 Å². The van der Waals surface area contributed by atoms with E-state index in [9.17, 15) is 8.78 Å². The molecule has 0 radical (unpaired) electrons. The second kappa shape index (κ2) is 6.84. The number of hydrogen-bond donors (Lipinski definition) is 0. The van der Waals surface area contributed by atoms with E-state index in [-0.39, 0.29) is 0 Å². The molecule has 0 amide bonds. The second-order valence-electron chi connectivity index (χ2n) is 3.80. The average Bonchev–Trinajstić information content (AvgIpc) is 2.24. The SMILES string of the molecule is CC(CCBr)CCOc1ccc(F)c(F)c1. The first-order valence-electron chi connectivity index (χ1n) is 5.27. The summed E-state index contributed by atoms with van der Waals surface area (Å²) in [6, 6.07) is 3.59. The summed E-state index contributed by atoms with van der Waals surface area (Å²) in [4.78, 5) is 0. The molecule has 0 aliphatic rings. The fraction of sp³-hybridized carbons (Fsp3) is 0.500. The molecule has 1 aromatic carbocycles. The predicted octanol–water partition coefficient (Wildman–Crippen LogP) is 4.15. The van der Waals surface area contributed by atoms with Gasteiger partial charge in [0.05, 0.1) is 6.61 Å². The van der Waals surface area contributed by atoms with Crippen molar-refractivity contribution in [3.8, 4) is 5.75 Å². The van der Waals surface area contributed by atoms with Crippen molar-refractivity contribution in [2.75, 3.05) is 11.9 Å². The Morgan fingerprint density at radius 1 is 1.25 bits per heavy atom. The van der Waals surface area contributed by atoms with Gasteiger partial charge < -0.3 is 4.74 Å². The Hall–Kier alpha value is -0.640. The standard InChI is InChI=1S/C12H15BrF2O/c1-9(4-6-13)5-7-16-10-2-3-11(14)12(15)8-10/h2-3,8-9H,4-7H2,1H3. The molecule has 0 spiro atoms. The van der Waals surface area contributed by atoms with E-state index in [1.807, 2.05) is 0 Å². The van der Waals surface area contributed by atoms with Crippen LogP contribution in [-0.4, -0.2) is 11.9 Å². The van der Waals surface area contributed by atoms with E-state index in [2.05, 4.69) is 22.9 Å². The monoisotopic (exact) mass is 292 g/mol. The quantitative estimate of drug-likeness (QED) is 0.716. The lowest BCUT2D eigenvalue weighted by atomic mass is 10.1. The first kappa shape index (κ1) is 13.4. The summed E-state index contributed by atoms with van der Waals surface area (Å²) < 4.78 is 30.8. The maximum atomic E-state index is 12.8. The molecule has 0 aliphatic heterocycles. The molecular formula is C12H15BrF2O. The molecule has 0 aromatic heterocycles. The molecule has 16 heavy (non-hydrogen) atoms. The molecular weight excluding hydrogens is 278 g/mol. The van der Waals surface area contributed by atoms with Gasteiger partial charge in [-0.2, -0.15) is 0 Å². The highest BCUT2D eigenvalue weighted by Crippen LogP contribution is 2.16. The van der Waals surface area contributed by atoms with Crippen LogP contribution in [0.2, 0.25) is 0 Å². The van der Waals surface area contributed by atoms with Crippen LogP contribution in [0.25, 0.3) is 0 Å². The predicted molar refractivity (Wildman–Crippen MR) is 64.0 cm³/mol. The molecule has 90 valence electrons. The van der Waals surface area contributed by atoms with Crippen LogP contribution in [0, 0.1) is 17.6 Å². The van der Waals surface area contributed by atoms with Gasteiger partial charge in [-0.25, -0.2) is 8.78 Å². The van der Waals surface area contributed by atoms with Gasteiger partial charge in [0.25, 0.3) is 0 Å². The topological polar surface area (TPSA) is 9.23 Å². The second-order valence-corrected chi connectivity index (χ2v) is 4.59. The van der Waals surface area contributed by atoms with E-state index in [1.54, 1.807) is 0 Å². The highest BCUT2D eigenvalue weighted by atomic mass is 79.9. The first-order chi connectivity index (χ1) is 7.63. The van der Waals surface area contributed by atoms with E-state index in [1.165, 1.54) is 6.07 Å². The largest absolute Gasteiger partial charge is 0.493 e. The summed E-state index contributed by atoms with van der Waals surface area (Å²) in [5.74, 6) is -0.777. The summed E-state index contributed by atoms with van der Waals surface area (Å²) in [6.45, 7) is 2.66. The molecule has 4 heteroatoms. The molecule has 0 saturated heterocycles. The van der Waals surface area contributed by atoms with Crippen molar-refractivity contribution in [2.24, 2.45) is 5.92 Å². The lowest BCUT2D eigenvalue weighted by Crippen LogP contribution is -2.05. The van der Waals surface area contributed by atoms with Crippen molar-refractivity contribution in [3.63, 3.8) is 0 Å². The summed E-state index contributed by atoms with van der Waals surface area (Å²) >= 11 is 3.37.